The predicted molar refractivity (Wildman–Crippen MR) is 103 cm³/mol. The van der Waals surface area contributed by atoms with E-state index in [0.717, 1.165) is 30.3 Å². The van der Waals surface area contributed by atoms with Crippen LogP contribution in [0.15, 0.2) is 48.5 Å². The third-order valence-corrected chi connectivity index (χ3v) is 4.69. The standard InChI is InChI=1S/C21H26N2O3/c1-16-7-9-19(10-8-16)26-17(2)21(24)23-13-11-22(12-14-23)18-5-4-6-20(15-18)25-3/h4-10,15,17H,11-14H2,1-3H3/t17-/m0/s1. The molecule has 0 aromatic heterocycles. The summed E-state index contributed by atoms with van der Waals surface area (Å²) in [6.07, 6.45) is -0.485. The molecule has 0 aliphatic carbocycles. The highest BCUT2D eigenvalue weighted by Gasteiger charge is 2.26. The van der Waals surface area contributed by atoms with Gasteiger partial charge in [0.05, 0.1) is 7.11 Å². The van der Waals surface area contributed by atoms with Gasteiger partial charge in [0, 0.05) is 37.9 Å². The van der Waals surface area contributed by atoms with Crippen molar-refractivity contribution in [2.24, 2.45) is 0 Å². The molecule has 1 amide bonds. The SMILES string of the molecule is COc1cccc(N2CCN(C(=O)[C@H](C)Oc3ccc(C)cc3)CC2)c1. The van der Waals surface area contributed by atoms with Gasteiger partial charge in [0.2, 0.25) is 0 Å². The van der Waals surface area contributed by atoms with Crippen LogP contribution in [0.5, 0.6) is 11.5 Å². The molecule has 1 atom stereocenters. The monoisotopic (exact) mass is 354 g/mol. The second-order valence-electron chi connectivity index (χ2n) is 6.59. The molecule has 0 radical (unpaired) electrons. The summed E-state index contributed by atoms with van der Waals surface area (Å²) in [5.41, 5.74) is 2.30. The van der Waals surface area contributed by atoms with Crippen LogP contribution in [-0.4, -0.2) is 50.2 Å². The highest BCUT2D eigenvalue weighted by molar-refractivity contribution is 5.81. The van der Waals surface area contributed by atoms with Crippen LogP contribution in [0.4, 0.5) is 5.69 Å². The number of hydrogen-bond donors (Lipinski definition) is 0. The second kappa shape index (κ2) is 8.13. The van der Waals surface area contributed by atoms with Crippen molar-refractivity contribution < 1.29 is 14.3 Å². The van der Waals surface area contributed by atoms with E-state index >= 15 is 0 Å². The Bertz CT molecular complexity index is 737. The molecule has 138 valence electrons. The van der Waals surface area contributed by atoms with Gasteiger partial charge in [-0.2, -0.15) is 0 Å². The number of hydrogen-bond acceptors (Lipinski definition) is 4. The van der Waals surface area contributed by atoms with Crippen LogP contribution in [0.1, 0.15) is 12.5 Å². The fourth-order valence-electron chi connectivity index (χ4n) is 3.12. The highest BCUT2D eigenvalue weighted by atomic mass is 16.5. The summed E-state index contributed by atoms with van der Waals surface area (Å²) in [4.78, 5) is 16.8. The van der Waals surface area contributed by atoms with Crippen LogP contribution in [-0.2, 0) is 4.79 Å². The molecule has 1 aliphatic rings. The molecular weight excluding hydrogens is 328 g/mol. The van der Waals surface area contributed by atoms with Gasteiger partial charge in [-0.15, -0.1) is 0 Å². The smallest absolute Gasteiger partial charge is 0.263 e. The fraction of sp³-hybridized carbons (Fsp3) is 0.381. The number of piperazine rings is 1. The Morgan fingerprint density at radius 3 is 2.35 bits per heavy atom. The number of rotatable bonds is 5. The van der Waals surface area contributed by atoms with E-state index in [4.69, 9.17) is 9.47 Å². The lowest BCUT2D eigenvalue weighted by Gasteiger charge is -2.37. The summed E-state index contributed by atoms with van der Waals surface area (Å²) in [7, 11) is 1.67. The third-order valence-electron chi connectivity index (χ3n) is 4.69. The molecular formula is C21H26N2O3. The average molecular weight is 354 g/mol. The van der Waals surface area contributed by atoms with E-state index in [1.807, 2.05) is 61.2 Å². The van der Waals surface area contributed by atoms with Gasteiger partial charge < -0.3 is 19.3 Å². The third kappa shape index (κ3) is 4.28. The molecule has 3 rings (SSSR count). The van der Waals surface area contributed by atoms with Crippen molar-refractivity contribution in [3.8, 4) is 11.5 Å². The summed E-state index contributed by atoms with van der Waals surface area (Å²) in [5, 5.41) is 0. The molecule has 0 N–H and O–H groups in total. The number of anilines is 1. The minimum atomic E-state index is -0.485. The summed E-state index contributed by atoms with van der Waals surface area (Å²) in [6.45, 7) is 6.83. The van der Waals surface area contributed by atoms with Gasteiger partial charge in [-0.25, -0.2) is 0 Å². The Morgan fingerprint density at radius 1 is 1.00 bits per heavy atom. The molecule has 1 saturated heterocycles. The zero-order chi connectivity index (χ0) is 18.5. The zero-order valence-corrected chi connectivity index (χ0v) is 15.6. The van der Waals surface area contributed by atoms with Crippen LogP contribution < -0.4 is 14.4 Å². The molecule has 26 heavy (non-hydrogen) atoms. The molecule has 0 spiro atoms. The molecule has 0 unspecified atom stereocenters. The molecule has 2 aromatic carbocycles. The van der Waals surface area contributed by atoms with E-state index in [0.29, 0.717) is 13.1 Å². The van der Waals surface area contributed by atoms with Crippen molar-refractivity contribution in [3.05, 3.63) is 54.1 Å². The van der Waals surface area contributed by atoms with Gasteiger partial charge in [0.25, 0.3) is 5.91 Å². The molecule has 0 saturated carbocycles. The normalized spacial score (nSPS) is 15.5. The first-order valence-electron chi connectivity index (χ1n) is 8.98. The van der Waals surface area contributed by atoms with Gasteiger partial charge >= 0.3 is 0 Å². The number of benzene rings is 2. The number of carbonyl (C=O) groups is 1. The van der Waals surface area contributed by atoms with Crippen LogP contribution >= 0.6 is 0 Å². The summed E-state index contributed by atoms with van der Waals surface area (Å²) in [5.74, 6) is 1.61. The Hall–Kier alpha value is -2.69. The maximum Gasteiger partial charge on any atom is 0.263 e. The summed E-state index contributed by atoms with van der Waals surface area (Å²) >= 11 is 0. The number of aryl methyl sites for hydroxylation is 1. The maximum absolute atomic E-state index is 12.7. The Balaban J connectivity index is 1.55. The average Bonchev–Trinajstić information content (AvgIpc) is 2.69. The lowest BCUT2D eigenvalue weighted by molar-refractivity contribution is -0.138. The van der Waals surface area contributed by atoms with Gasteiger partial charge in [0.1, 0.15) is 11.5 Å². The number of carbonyl (C=O) groups excluding carboxylic acids is 1. The van der Waals surface area contributed by atoms with Crippen LogP contribution in [0.2, 0.25) is 0 Å². The highest BCUT2D eigenvalue weighted by Crippen LogP contribution is 2.22. The molecule has 2 aromatic rings. The second-order valence-corrected chi connectivity index (χ2v) is 6.59. The van der Waals surface area contributed by atoms with Gasteiger partial charge in [0.15, 0.2) is 6.10 Å². The van der Waals surface area contributed by atoms with Crippen molar-refractivity contribution in [1.82, 2.24) is 4.90 Å². The van der Waals surface area contributed by atoms with E-state index < -0.39 is 6.10 Å². The zero-order valence-electron chi connectivity index (χ0n) is 15.6. The van der Waals surface area contributed by atoms with Gasteiger partial charge in [-0.3, -0.25) is 4.79 Å². The van der Waals surface area contributed by atoms with Crippen LogP contribution in [0.3, 0.4) is 0 Å². The minimum Gasteiger partial charge on any atom is -0.497 e. The first kappa shape index (κ1) is 18.1. The Morgan fingerprint density at radius 2 is 1.69 bits per heavy atom. The van der Waals surface area contributed by atoms with E-state index in [2.05, 4.69) is 11.0 Å². The van der Waals surface area contributed by atoms with E-state index in [1.54, 1.807) is 7.11 Å². The van der Waals surface area contributed by atoms with Crippen molar-refractivity contribution >= 4 is 11.6 Å². The number of amides is 1. The van der Waals surface area contributed by atoms with Crippen molar-refractivity contribution in [1.29, 1.82) is 0 Å². The first-order valence-corrected chi connectivity index (χ1v) is 8.98. The molecule has 5 heteroatoms. The van der Waals surface area contributed by atoms with Crippen LogP contribution in [0, 0.1) is 6.92 Å². The number of ether oxygens (including phenoxy) is 2. The van der Waals surface area contributed by atoms with E-state index in [1.165, 1.54) is 5.56 Å². The topological polar surface area (TPSA) is 42.0 Å². The molecule has 1 aliphatic heterocycles. The van der Waals surface area contributed by atoms with E-state index in [-0.39, 0.29) is 5.91 Å². The predicted octanol–water partition coefficient (Wildman–Crippen LogP) is 3.12. The maximum atomic E-state index is 12.7. The molecule has 0 bridgehead atoms. The lowest BCUT2D eigenvalue weighted by atomic mass is 10.2. The molecule has 1 heterocycles. The van der Waals surface area contributed by atoms with Crippen LogP contribution in [0.25, 0.3) is 0 Å². The molecule has 5 nitrogen and oxygen atoms in total. The van der Waals surface area contributed by atoms with Crippen molar-refractivity contribution in [2.45, 2.75) is 20.0 Å². The fourth-order valence-corrected chi connectivity index (χ4v) is 3.12. The molecule has 1 fully saturated rings. The Labute approximate surface area is 155 Å². The van der Waals surface area contributed by atoms with Gasteiger partial charge in [-0.1, -0.05) is 23.8 Å². The largest absolute Gasteiger partial charge is 0.497 e. The van der Waals surface area contributed by atoms with E-state index in [9.17, 15) is 4.79 Å². The van der Waals surface area contributed by atoms with Crippen molar-refractivity contribution in [3.63, 3.8) is 0 Å². The van der Waals surface area contributed by atoms with Gasteiger partial charge in [-0.05, 0) is 38.1 Å². The minimum absolute atomic E-state index is 0.0378. The van der Waals surface area contributed by atoms with Crippen molar-refractivity contribution in [2.75, 3.05) is 38.2 Å². The number of methoxy groups -OCH3 is 1. The summed E-state index contributed by atoms with van der Waals surface area (Å²) < 4.78 is 11.1. The summed E-state index contributed by atoms with van der Waals surface area (Å²) in [6, 6.07) is 15.8. The Kier molecular flexibility index (Phi) is 5.66. The first-order chi connectivity index (χ1) is 12.6. The quantitative estimate of drug-likeness (QED) is 0.827. The lowest BCUT2D eigenvalue weighted by Crippen LogP contribution is -2.52. The number of nitrogens with zero attached hydrogens (tertiary/aromatic N) is 2.